The van der Waals surface area contributed by atoms with Gasteiger partial charge in [-0.2, -0.15) is 5.01 Å². The Bertz CT molecular complexity index is 1120. The molecule has 2 atom stereocenters. The third kappa shape index (κ3) is 2.95. The molecule has 8 nitrogen and oxygen atoms in total. The Morgan fingerprint density at radius 2 is 2.07 bits per heavy atom. The lowest BCUT2D eigenvalue weighted by molar-refractivity contribution is -1.06. The number of aromatic nitrogens is 1. The Morgan fingerprint density at radius 1 is 1.31 bits per heavy atom. The maximum Gasteiger partial charge on any atom is 0.359 e. The Balaban J connectivity index is 1.94. The molecule has 0 aliphatic carbocycles. The third-order valence-electron chi connectivity index (χ3n) is 5.17. The summed E-state index contributed by atoms with van der Waals surface area (Å²) in [6.07, 6.45) is 3.21. The van der Waals surface area contributed by atoms with E-state index in [-0.39, 0.29) is 9.76 Å². The normalized spacial score (nSPS) is 21.2. The van der Waals surface area contributed by atoms with Gasteiger partial charge in [-0.1, -0.05) is 36.4 Å². The number of allylic oxidation sites excluding steroid dienone is 1. The number of quaternary nitrogens is 1. The molecule has 1 aliphatic rings. The molecule has 2 heterocycles. The average Bonchev–Trinajstić information content (AvgIpc) is 3.32. The van der Waals surface area contributed by atoms with Gasteiger partial charge in [-0.3, -0.25) is 10.1 Å². The van der Waals surface area contributed by atoms with E-state index in [2.05, 4.69) is 4.98 Å². The zero-order valence-electron chi connectivity index (χ0n) is 15.9. The minimum atomic E-state index is -0.446. The van der Waals surface area contributed by atoms with E-state index in [1.54, 1.807) is 0 Å². The molecular formula is C20H19N4O4S+. The molecule has 0 fully saturated rings. The maximum atomic E-state index is 11.5. The monoisotopic (exact) mass is 411 g/mol. The SMILES string of the molecule is CC[N+]1(OC=O)C(C)=CC(c2ncc([N+](=O)[O-])s2)N1c1cccc2ccccc12. The zero-order valence-corrected chi connectivity index (χ0v) is 16.7. The second kappa shape index (κ2) is 7.26. The van der Waals surface area contributed by atoms with Crippen LogP contribution in [0.3, 0.4) is 0 Å². The molecule has 9 heteroatoms. The lowest BCUT2D eigenvalue weighted by atomic mass is 10.1. The van der Waals surface area contributed by atoms with Gasteiger partial charge in [-0.15, -0.1) is 0 Å². The number of anilines is 1. The van der Waals surface area contributed by atoms with E-state index in [4.69, 9.17) is 4.84 Å². The summed E-state index contributed by atoms with van der Waals surface area (Å²) in [5.41, 5.74) is 1.65. The van der Waals surface area contributed by atoms with Crippen LogP contribution in [0.5, 0.6) is 0 Å². The van der Waals surface area contributed by atoms with Crippen LogP contribution in [-0.4, -0.2) is 27.7 Å². The van der Waals surface area contributed by atoms with Crippen LogP contribution in [0.1, 0.15) is 24.9 Å². The lowest BCUT2D eigenvalue weighted by Crippen LogP contribution is -2.56. The summed E-state index contributed by atoms with van der Waals surface area (Å²) in [7, 11) is 0. The van der Waals surface area contributed by atoms with Crippen LogP contribution in [0, 0.1) is 10.1 Å². The summed E-state index contributed by atoms with van der Waals surface area (Å²) < 4.78 is -0.157. The first-order valence-electron chi connectivity index (χ1n) is 9.08. The van der Waals surface area contributed by atoms with Crippen molar-refractivity contribution in [2.75, 3.05) is 11.6 Å². The van der Waals surface area contributed by atoms with E-state index in [1.165, 1.54) is 6.20 Å². The third-order valence-corrected chi connectivity index (χ3v) is 6.19. The minimum absolute atomic E-state index is 0.0262. The first kappa shape index (κ1) is 19.0. The number of rotatable bonds is 6. The molecule has 2 aromatic carbocycles. The molecule has 0 N–H and O–H groups in total. The average molecular weight is 411 g/mol. The first-order chi connectivity index (χ1) is 14.0. The second-order valence-electron chi connectivity index (χ2n) is 6.61. The Morgan fingerprint density at radius 3 is 2.76 bits per heavy atom. The van der Waals surface area contributed by atoms with Crippen molar-refractivity contribution in [1.29, 1.82) is 0 Å². The van der Waals surface area contributed by atoms with Crippen LogP contribution in [0.2, 0.25) is 0 Å². The first-order valence-corrected chi connectivity index (χ1v) is 9.90. The van der Waals surface area contributed by atoms with Crippen LogP contribution < -0.4 is 5.01 Å². The van der Waals surface area contributed by atoms with Gasteiger partial charge in [0.2, 0.25) is 0 Å². The van der Waals surface area contributed by atoms with Crippen LogP contribution >= 0.6 is 11.3 Å². The second-order valence-corrected chi connectivity index (χ2v) is 7.65. The predicted molar refractivity (Wildman–Crippen MR) is 110 cm³/mol. The highest BCUT2D eigenvalue weighted by atomic mass is 32.1. The maximum absolute atomic E-state index is 11.5. The smallest absolute Gasteiger partial charge is 0.257 e. The molecule has 0 radical (unpaired) electrons. The Labute approximate surface area is 170 Å². The molecule has 0 amide bonds. The highest BCUT2D eigenvalue weighted by Crippen LogP contribution is 2.46. The van der Waals surface area contributed by atoms with Crippen molar-refractivity contribution in [1.82, 2.24) is 4.98 Å². The number of nitro groups is 1. The summed E-state index contributed by atoms with van der Waals surface area (Å²) in [6, 6.07) is 13.4. The quantitative estimate of drug-likeness (QED) is 0.257. The van der Waals surface area contributed by atoms with Crippen molar-refractivity contribution in [3.8, 4) is 0 Å². The van der Waals surface area contributed by atoms with Crippen LogP contribution in [0.25, 0.3) is 10.8 Å². The number of hydrogen-bond acceptors (Lipinski definition) is 7. The van der Waals surface area contributed by atoms with Gasteiger partial charge >= 0.3 is 11.5 Å². The molecule has 0 bridgehead atoms. The van der Waals surface area contributed by atoms with E-state index in [0.29, 0.717) is 18.0 Å². The highest BCUT2D eigenvalue weighted by molar-refractivity contribution is 7.15. The van der Waals surface area contributed by atoms with Crippen molar-refractivity contribution in [3.05, 3.63) is 75.6 Å². The van der Waals surface area contributed by atoms with E-state index < -0.39 is 11.0 Å². The van der Waals surface area contributed by atoms with Crippen molar-refractivity contribution in [2.24, 2.45) is 0 Å². The molecule has 3 aromatic rings. The molecule has 29 heavy (non-hydrogen) atoms. The highest BCUT2D eigenvalue weighted by Gasteiger charge is 2.51. The molecular weight excluding hydrogens is 392 g/mol. The number of thiazole rings is 1. The number of benzene rings is 2. The fourth-order valence-electron chi connectivity index (χ4n) is 3.88. The zero-order chi connectivity index (χ0) is 20.6. The molecule has 0 saturated heterocycles. The van der Waals surface area contributed by atoms with Crippen molar-refractivity contribution in [3.63, 3.8) is 0 Å². The van der Waals surface area contributed by atoms with Gasteiger partial charge in [-0.05, 0) is 34.5 Å². The minimum Gasteiger partial charge on any atom is -0.257 e. The summed E-state index contributed by atoms with van der Waals surface area (Å²) in [4.78, 5) is 32.1. The standard InChI is InChI=1S/C20H19N4O4S/c1-3-24(28-13-25)14(2)11-18(20-21-12-19(29-20)23(26)27)22(24)17-10-6-8-15-7-4-5-9-16(15)17/h4-13,18H,3H2,1-2H3/q+1. The number of fused-ring (bicyclic) bond motifs is 1. The van der Waals surface area contributed by atoms with E-state index in [1.807, 2.05) is 67.4 Å². The van der Waals surface area contributed by atoms with E-state index in [0.717, 1.165) is 33.5 Å². The molecule has 1 aromatic heterocycles. The molecule has 2 unspecified atom stereocenters. The number of carbonyl (C=O) groups is 1. The van der Waals surface area contributed by atoms with Crippen LogP contribution in [-0.2, 0) is 9.63 Å². The molecule has 148 valence electrons. The van der Waals surface area contributed by atoms with Crippen molar-refractivity contribution >= 4 is 39.3 Å². The number of nitrogens with zero attached hydrogens (tertiary/aromatic N) is 4. The lowest BCUT2D eigenvalue weighted by Gasteiger charge is -2.39. The van der Waals surface area contributed by atoms with Crippen LogP contribution in [0.4, 0.5) is 10.7 Å². The summed E-state index contributed by atoms with van der Waals surface area (Å²) in [6.45, 7) is 4.69. The summed E-state index contributed by atoms with van der Waals surface area (Å²) in [5.74, 6) is 0. The molecule has 0 spiro atoms. The van der Waals surface area contributed by atoms with Gasteiger partial charge in [0, 0.05) is 18.4 Å². The number of carbonyl (C=O) groups excluding carboxylic acids is 1. The fraction of sp³-hybridized carbons (Fsp3) is 0.200. The van der Waals surface area contributed by atoms with Crippen LogP contribution in [0.15, 0.2) is 60.4 Å². The van der Waals surface area contributed by atoms with E-state index >= 15 is 0 Å². The molecule has 0 saturated carbocycles. The fourth-order valence-corrected chi connectivity index (χ4v) is 4.66. The molecule has 4 rings (SSSR count). The summed E-state index contributed by atoms with van der Waals surface area (Å²) >= 11 is 1.02. The Kier molecular flexibility index (Phi) is 4.77. The topological polar surface area (TPSA) is 85.6 Å². The van der Waals surface area contributed by atoms with E-state index in [9.17, 15) is 14.9 Å². The van der Waals surface area contributed by atoms with Gasteiger partial charge in [0.15, 0.2) is 11.7 Å². The van der Waals surface area contributed by atoms with Gasteiger partial charge in [0.05, 0.1) is 4.92 Å². The summed E-state index contributed by atoms with van der Waals surface area (Å²) in [5, 5.41) is 15.7. The van der Waals surface area contributed by atoms with Crippen molar-refractivity contribution in [2.45, 2.75) is 19.9 Å². The van der Waals surface area contributed by atoms with Gasteiger partial charge in [-0.25, -0.2) is 14.6 Å². The van der Waals surface area contributed by atoms with Gasteiger partial charge < -0.3 is 0 Å². The van der Waals surface area contributed by atoms with Gasteiger partial charge in [0.1, 0.15) is 23.4 Å². The number of hydrogen-bond donors (Lipinski definition) is 0. The number of hydroxylamine groups is 2. The van der Waals surface area contributed by atoms with Crippen molar-refractivity contribution < 1.29 is 19.3 Å². The molecule has 1 aliphatic heterocycles. The largest absolute Gasteiger partial charge is 0.359 e. The predicted octanol–water partition coefficient (Wildman–Crippen LogP) is 4.51. The van der Waals surface area contributed by atoms with Gasteiger partial charge in [0.25, 0.3) is 0 Å². The Hall–Kier alpha value is -3.30.